The Labute approximate surface area is 400 Å². The van der Waals surface area contributed by atoms with Crippen molar-refractivity contribution in [3.63, 3.8) is 0 Å². The second-order valence-corrected chi connectivity index (χ2v) is 18.5. The summed E-state index contributed by atoms with van der Waals surface area (Å²) >= 11 is 0. The number of halogens is 4. The minimum atomic E-state index is -6.00. The van der Waals surface area contributed by atoms with E-state index >= 15 is 0 Å². The molecule has 3 heterocycles. The normalized spacial score (nSPS) is 14.8. The summed E-state index contributed by atoms with van der Waals surface area (Å²) in [7, 11) is -6.00. The molecule has 3 aliphatic rings. The zero-order valence-corrected chi connectivity index (χ0v) is 41.7. The summed E-state index contributed by atoms with van der Waals surface area (Å²) in [5.41, 5.74) is 14.5. The fraction of sp³-hybridized carbons (Fsp3) is 0.455. The van der Waals surface area contributed by atoms with Crippen molar-refractivity contribution in [2.45, 2.75) is 74.7 Å². The Morgan fingerprint density at radius 1 is 0.418 bits per heavy atom. The van der Waals surface area contributed by atoms with Crippen molar-refractivity contribution >= 4 is 58.4 Å². The van der Waals surface area contributed by atoms with Gasteiger partial charge in [0, 0.05) is 18.8 Å². The molecule has 0 aliphatic carbocycles. The predicted molar refractivity (Wildman–Crippen MR) is 278 cm³/mol. The van der Waals surface area contributed by atoms with Crippen LogP contribution in [0.5, 0.6) is 0 Å². The van der Waals surface area contributed by atoms with E-state index in [4.69, 9.17) is 0 Å². The van der Waals surface area contributed by atoms with Crippen molar-refractivity contribution in [1.29, 1.82) is 0 Å². The summed E-state index contributed by atoms with van der Waals surface area (Å²) in [4.78, 5) is 12.8. The van der Waals surface area contributed by atoms with Gasteiger partial charge in [-0.1, -0.05) is 61.0 Å². The van der Waals surface area contributed by atoms with E-state index in [1.54, 1.807) is 0 Å². The predicted octanol–water partition coefficient (Wildman–Crippen LogP) is 14.0. The Morgan fingerprint density at radius 3 is 1.18 bits per heavy atom. The van der Waals surface area contributed by atoms with Crippen molar-refractivity contribution < 1.29 is 26.2 Å². The quantitative estimate of drug-likeness (QED) is 0.0555. The Hall–Kier alpha value is -5.04. The highest BCUT2D eigenvalue weighted by Crippen LogP contribution is 2.51. The third kappa shape index (κ3) is 12.5. The minimum absolute atomic E-state index is 1.02. The number of rotatable bonds is 16. The van der Waals surface area contributed by atoms with Gasteiger partial charge in [-0.3, -0.25) is 0 Å². The first-order valence-electron chi connectivity index (χ1n) is 25.1. The van der Waals surface area contributed by atoms with Crippen LogP contribution in [0.4, 0.5) is 68.4 Å². The third-order valence-corrected chi connectivity index (χ3v) is 15.0. The van der Waals surface area contributed by atoms with Crippen LogP contribution in [0.25, 0.3) is 0 Å². The molecule has 0 atom stereocenters. The van der Waals surface area contributed by atoms with E-state index in [0.29, 0.717) is 0 Å². The highest BCUT2D eigenvalue weighted by Gasteiger charge is 2.33. The van der Waals surface area contributed by atoms with Gasteiger partial charge in [0.05, 0.1) is 111 Å². The fourth-order valence-electron chi connectivity index (χ4n) is 10.4. The first-order valence-corrected chi connectivity index (χ1v) is 25.1. The number of hydrogen-bond acceptors (Lipinski definition) is 5. The smallest absolute Gasteiger partial charge is 0.418 e. The maximum atomic E-state index is 9.75. The van der Waals surface area contributed by atoms with Crippen molar-refractivity contribution in [3.05, 3.63) is 126 Å². The van der Waals surface area contributed by atoms with Crippen LogP contribution < -0.4 is 19.6 Å². The Balaban J connectivity index is 0.000000203. The van der Waals surface area contributed by atoms with Crippen LogP contribution in [0.15, 0.2) is 115 Å². The first-order chi connectivity index (χ1) is 32.2. The van der Waals surface area contributed by atoms with Gasteiger partial charge in [0.25, 0.3) is 0 Å². The van der Waals surface area contributed by atoms with Crippen LogP contribution in [0.1, 0.15) is 71.9 Å². The van der Waals surface area contributed by atoms with Gasteiger partial charge in [-0.2, -0.15) is 0 Å². The molecule has 5 aromatic rings. The van der Waals surface area contributed by atoms with Gasteiger partial charge < -0.3 is 50.7 Å². The van der Waals surface area contributed by atoms with E-state index in [1.807, 2.05) is 0 Å². The molecule has 0 spiro atoms. The molecule has 0 saturated carbocycles. The SMILES string of the molecule is CC[N+](CC)(CC)CCN1c2ccc(C)cc2N(CC[N+](CC)(CC)CC)c2ccc(C)cc21.F[B-](F)(F)F.c1ccc(N2c3ccccc3N(CCN3CCCCC3)c3ccccc32)cc1. The number of para-hydroxylation sites is 5. The van der Waals surface area contributed by atoms with E-state index in [1.165, 1.54) is 156 Å². The molecule has 1 fully saturated rings. The van der Waals surface area contributed by atoms with Crippen LogP contribution in [-0.4, -0.2) is 113 Å². The average Bonchev–Trinajstić information content (AvgIpc) is 3.34. The van der Waals surface area contributed by atoms with Crippen molar-refractivity contribution in [2.24, 2.45) is 0 Å². The van der Waals surface area contributed by atoms with Crippen molar-refractivity contribution in [3.8, 4) is 0 Å². The molecular formula is C55H77BF4N7+. The third-order valence-electron chi connectivity index (χ3n) is 15.0. The van der Waals surface area contributed by atoms with Gasteiger partial charge >= 0.3 is 7.25 Å². The maximum absolute atomic E-state index is 9.75. The maximum Gasteiger partial charge on any atom is 0.673 e. The standard InChI is InChI=1S/C30H50N4.C25H27N3.BF4/c1-9-33(10-2,11-3)21-19-31-27-17-15-26(8)24-30(27)32(20-22-34(12-4,13-5)14-6)28-18-16-25(7)23-29(28)31;1-3-11-21(12-4-1)28-24-15-7-5-13-22(24)27(23-14-6-8-16-25(23)28)20-19-26-17-9-2-10-18-26;2-1(3,4)5/h15-18,23-24H,9-14,19-22H2,1-8H3;1,3-8,11-16H,2,9-10,17-20H2;/q+2;;-1. The molecule has 7 nitrogen and oxygen atoms in total. The van der Waals surface area contributed by atoms with Crippen LogP contribution >= 0.6 is 0 Å². The molecule has 12 heteroatoms. The number of likely N-dealkylation sites (N-methyl/N-ethyl adjacent to an activating group) is 2. The highest BCUT2D eigenvalue weighted by molar-refractivity contribution is 6.50. The van der Waals surface area contributed by atoms with Gasteiger partial charge in [0.2, 0.25) is 0 Å². The van der Waals surface area contributed by atoms with Crippen LogP contribution in [0.3, 0.4) is 0 Å². The molecule has 0 radical (unpaired) electrons. The lowest BCUT2D eigenvalue weighted by Crippen LogP contribution is -2.52. The van der Waals surface area contributed by atoms with E-state index in [0.717, 1.165) is 26.2 Å². The number of quaternary nitrogens is 2. The zero-order valence-electron chi connectivity index (χ0n) is 41.7. The largest absolute Gasteiger partial charge is 0.673 e. The van der Waals surface area contributed by atoms with Gasteiger partial charge in [-0.15, -0.1) is 0 Å². The topological polar surface area (TPSA) is 16.2 Å². The number of piperidine rings is 1. The van der Waals surface area contributed by atoms with Crippen molar-refractivity contribution in [2.75, 3.05) is 111 Å². The highest BCUT2D eigenvalue weighted by atomic mass is 19.5. The molecule has 0 unspecified atom stereocenters. The molecule has 0 N–H and O–H groups in total. The van der Waals surface area contributed by atoms with Gasteiger partial charge in [0.1, 0.15) is 0 Å². The molecule has 1 saturated heterocycles. The summed E-state index contributed by atoms with van der Waals surface area (Å²) < 4.78 is 41.3. The molecule has 8 rings (SSSR count). The van der Waals surface area contributed by atoms with Gasteiger partial charge in [0.15, 0.2) is 0 Å². The molecule has 0 bridgehead atoms. The molecule has 67 heavy (non-hydrogen) atoms. The Morgan fingerprint density at radius 2 is 0.776 bits per heavy atom. The fourth-order valence-corrected chi connectivity index (χ4v) is 10.4. The van der Waals surface area contributed by atoms with E-state index in [2.05, 4.69) is 195 Å². The second-order valence-electron chi connectivity index (χ2n) is 18.5. The number of fused-ring (bicyclic) bond motifs is 4. The number of benzene rings is 5. The molecule has 5 aromatic carbocycles. The molecule has 3 aliphatic heterocycles. The number of hydrogen-bond donors (Lipinski definition) is 0. The monoisotopic (exact) mass is 923 g/mol. The van der Waals surface area contributed by atoms with Gasteiger partial charge in [-0.05, 0) is 153 Å². The summed E-state index contributed by atoms with van der Waals surface area (Å²) in [5.74, 6) is 0. The van der Waals surface area contributed by atoms with E-state index < -0.39 is 7.25 Å². The molecule has 362 valence electrons. The summed E-state index contributed by atoms with van der Waals surface area (Å²) in [6, 6.07) is 42.4. The van der Waals surface area contributed by atoms with Crippen molar-refractivity contribution in [1.82, 2.24) is 4.90 Å². The number of nitrogens with zero attached hydrogens (tertiary/aromatic N) is 7. The number of aryl methyl sites for hydroxylation is 2. The first kappa shape index (κ1) is 51.4. The number of likely N-dealkylation sites (tertiary alicyclic amines) is 1. The minimum Gasteiger partial charge on any atom is -0.418 e. The molecule has 0 amide bonds. The van der Waals surface area contributed by atoms with Gasteiger partial charge in [-0.25, -0.2) is 0 Å². The lowest BCUT2D eigenvalue weighted by Gasteiger charge is -2.44. The van der Waals surface area contributed by atoms with Crippen LogP contribution in [-0.2, 0) is 0 Å². The van der Waals surface area contributed by atoms with Crippen LogP contribution in [0, 0.1) is 13.8 Å². The zero-order chi connectivity index (χ0) is 48.2. The Kier molecular flexibility index (Phi) is 17.9. The van der Waals surface area contributed by atoms with E-state index in [-0.39, 0.29) is 0 Å². The summed E-state index contributed by atoms with van der Waals surface area (Å²) in [6.45, 7) is 34.8. The summed E-state index contributed by atoms with van der Waals surface area (Å²) in [5, 5.41) is 0. The number of anilines is 9. The second kappa shape index (κ2) is 23.3. The lowest BCUT2D eigenvalue weighted by molar-refractivity contribution is -0.921. The molecular weight excluding hydrogens is 845 g/mol. The van der Waals surface area contributed by atoms with E-state index in [9.17, 15) is 17.3 Å². The molecule has 0 aromatic heterocycles. The lowest BCUT2D eigenvalue weighted by atomic mass is 10.0. The Bertz CT molecular complexity index is 2160. The average molecular weight is 923 g/mol. The van der Waals surface area contributed by atoms with Crippen LogP contribution in [0.2, 0.25) is 0 Å². The summed E-state index contributed by atoms with van der Waals surface area (Å²) in [6.07, 6.45) is 4.07.